The van der Waals surface area contributed by atoms with Crippen LogP contribution in [0.5, 0.6) is 0 Å². The van der Waals surface area contributed by atoms with Gasteiger partial charge in [0.15, 0.2) is 0 Å². The number of rotatable bonds is 0. The average molecular weight is 237 g/mol. The Morgan fingerprint density at radius 1 is 1.06 bits per heavy atom. The Morgan fingerprint density at radius 2 is 1.83 bits per heavy atom. The first-order valence-electron chi connectivity index (χ1n) is 6.13. The molecule has 2 heteroatoms. The van der Waals surface area contributed by atoms with E-state index in [2.05, 4.69) is 19.1 Å². The van der Waals surface area contributed by atoms with Crippen LogP contribution in [0.2, 0.25) is 0 Å². The summed E-state index contributed by atoms with van der Waals surface area (Å²) in [7, 11) is 1.85. The van der Waals surface area contributed by atoms with Gasteiger partial charge in [-0.05, 0) is 29.7 Å². The molecule has 0 unspecified atom stereocenters. The minimum absolute atomic E-state index is 0.145. The Labute approximate surface area is 107 Å². The highest BCUT2D eigenvalue weighted by molar-refractivity contribution is 6.02. The third-order valence-electron chi connectivity index (χ3n) is 3.61. The number of carbonyl (C=O) groups excluding carboxylic acids is 1. The Bertz CT molecular complexity index is 631. The number of carbonyl (C=O) groups is 1. The molecule has 90 valence electrons. The molecule has 0 N–H and O–H groups in total. The second kappa shape index (κ2) is 3.98. The molecule has 1 aliphatic heterocycles. The average Bonchev–Trinajstić information content (AvgIpc) is 2.48. The minimum atomic E-state index is 0.145. The Kier molecular flexibility index (Phi) is 2.44. The van der Waals surface area contributed by atoms with Gasteiger partial charge in [0.25, 0.3) is 0 Å². The molecule has 0 aliphatic carbocycles. The molecule has 0 bridgehead atoms. The Balaban J connectivity index is 2.38. The van der Waals surface area contributed by atoms with E-state index in [1.165, 1.54) is 16.7 Å². The highest BCUT2D eigenvalue weighted by atomic mass is 16.2. The molecular weight excluding hydrogens is 222 g/mol. The largest absolute Gasteiger partial charge is 0.315 e. The first-order chi connectivity index (χ1) is 8.68. The number of benzene rings is 2. The second-order valence-corrected chi connectivity index (χ2v) is 4.76. The number of aryl methyl sites for hydroxylation is 1. The lowest BCUT2D eigenvalue weighted by Crippen LogP contribution is -2.26. The van der Waals surface area contributed by atoms with E-state index in [-0.39, 0.29) is 5.91 Å². The predicted octanol–water partition coefficient (Wildman–Crippen LogP) is 3.18. The van der Waals surface area contributed by atoms with E-state index >= 15 is 0 Å². The molecule has 2 nitrogen and oxygen atoms in total. The van der Waals surface area contributed by atoms with Crippen molar-refractivity contribution in [2.75, 3.05) is 11.9 Å². The molecule has 3 rings (SSSR count). The molecule has 2 aromatic carbocycles. The van der Waals surface area contributed by atoms with Crippen LogP contribution in [-0.2, 0) is 11.2 Å². The van der Waals surface area contributed by atoms with Crippen LogP contribution >= 0.6 is 0 Å². The van der Waals surface area contributed by atoms with Gasteiger partial charge in [-0.25, -0.2) is 0 Å². The number of anilines is 1. The van der Waals surface area contributed by atoms with E-state index in [4.69, 9.17) is 0 Å². The molecular formula is C16H15NO. The van der Waals surface area contributed by atoms with Crippen LogP contribution in [0.25, 0.3) is 11.1 Å². The van der Waals surface area contributed by atoms with Gasteiger partial charge in [-0.3, -0.25) is 4.79 Å². The van der Waals surface area contributed by atoms with Crippen LogP contribution in [-0.4, -0.2) is 13.0 Å². The van der Waals surface area contributed by atoms with Crippen molar-refractivity contribution in [3.05, 3.63) is 53.6 Å². The van der Waals surface area contributed by atoms with E-state index < -0.39 is 0 Å². The molecule has 0 radical (unpaired) electrons. The molecule has 18 heavy (non-hydrogen) atoms. The maximum atomic E-state index is 12.2. The molecule has 2 aromatic rings. The molecule has 1 heterocycles. The van der Waals surface area contributed by atoms with Gasteiger partial charge in [0.05, 0.1) is 12.1 Å². The van der Waals surface area contributed by atoms with Gasteiger partial charge in [0.2, 0.25) is 5.91 Å². The van der Waals surface area contributed by atoms with E-state index in [0.717, 1.165) is 11.3 Å². The van der Waals surface area contributed by atoms with Gasteiger partial charge >= 0.3 is 0 Å². The Morgan fingerprint density at radius 3 is 2.67 bits per heavy atom. The SMILES string of the molecule is Cc1cccc2c1-c1ccccc1CC(=O)N2C. The van der Waals surface area contributed by atoms with Gasteiger partial charge in [-0.1, -0.05) is 36.4 Å². The summed E-state index contributed by atoms with van der Waals surface area (Å²) in [5.74, 6) is 0.145. The molecule has 0 aromatic heterocycles. The summed E-state index contributed by atoms with van der Waals surface area (Å²) in [5.41, 5.74) is 5.69. The van der Waals surface area contributed by atoms with Gasteiger partial charge in [0, 0.05) is 12.6 Å². The predicted molar refractivity (Wildman–Crippen MR) is 73.7 cm³/mol. The van der Waals surface area contributed by atoms with Crippen LogP contribution in [0.15, 0.2) is 42.5 Å². The number of hydrogen-bond acceptors (Lipinski definition) is 1. The number of amides is 1. The van der Waals surface area contributed by atoms with Crippen molar-refractivity contribution in [2.45, 2.75) is 13.3 Å². The van der Waals surface area contributed by atoms with Crippen molar-refractivity contribution < 1.29 is 4.79 Å². The lowest BCUT2D eigenvalue weighted by Gasteiger charge is -2.18. The zero-order chi connectivity index (χ0) is 12.7. The number of likely N-dealkylation sites (N-methyl/N-ethyl adjacent to an activating group) is 1. The summed E-state index contributed by atoms with van der Waals surface area (Å²) in [5, 5.41) is 0. The molecule has 0 atom stereocenters. The fraction of sp³-hybridized carbons (Fsp3) is 0.188. The summed E-state index contributed by atoms with van der Waals surface area (Å²) in [6, 6.07) is 14.3. The maximum Gasteiger partial charge on any atom is 0.231 e. The summed E-state index contributed by atoms with van der Waals surface area (Å²) in [6.07, 6.45) is 0.473. The fourth-order valence-electron chi connectivity index (χ4n) is 2.62. The van der Waals surface area contributed by atoms with Gasteiger partial charge in [-0.2, -0.15) is 0 Å². The van der Waals surface area contributed by atoms with Gasteiger partial charge < -0.3 is 4.90 Å². The van der Waals surface area contributed by atoms with Crippen LogP contribution in [0.4, 0.5) is 5.69 Å². The van der Waals surface area contributed by atoms with Crippen molar-refractivity contribution in [1.82, 2.24) is 0 Å². The molecule has 0 spiro atoms. The number of hydrogen-bond donors (Lipinski definition) is 0. The second-order valence-electron chi connectivity index (χ2n) is 4.76. The fourth-order valence-corrected chi connectivity index (χ4v) is 2.62. The molecule has 0 saturated heterocycles. The first kappa shape index (κ1) is 11.0. The third-order valence-corrected chi connectivity index (χ3v) is 3.61. The van der Waals surface area contributed by atoms with Crippen molar-refractivity contribution in [3.63, 3.8) is 0 Å². The standard InChI is InChI=1S/C16H15NO/c1-11-6-5-9-14-16(11)13-8-4-3-7-12(13)10-15(18)17(14)2/h3-9H,10H2,1-2H3. The summed E-state index contributed by atoms with van der Waals surface area (Å²) >= 11 is 0. The topological polar surface area (TPSA) is 20.3 Å². The highest BCUT2D eigenvalue weighted by Crippen LogP contribution is 2.38. The molecule has 0 saturated carbocycles. The molecule has 0 fully saturated rings. The van der Waals surface area contributed by atoms with E-state index in [9.17, 15) is 4.79 Å². The summed E-state index contributed by atoms with van der Waals surface area (Å²) in [4.78, 5) is 13.9. The number of fused-ring (bicyclic) bond motifs is 3. The van der Waals surface area contributed by atoms with E-state index in [1.807, 2.05) is 37.4 Å². The van der Waals surface area contributed by atoms with E-state index in [1.54, 1.807) is 4.90 Å². The number of nitrogens with zero attached hydrogens (tertiary/aromatic N) is 1. The zero-order valence-corrected chi connectivity index (χ0v) is 10.6. The van der Waals surface area contributed by atoms with Crippen LogP contribution < -0.4 is 4.90 Å². The highest BCUT2D eigenvalue weighted by Gasteiger charge is 2.23. The van der Waals surface area contributed by atoms with Crippen LogP contribution in [0, 0.1) is 6.92 Å². The molecule has 1 aliphatic rings. The van der Waals surface area contributed by atoms with Crippen molar-refractivity contribution in [1.29, 1.82) is 0 Å². The minimum Gasteiger partial charge on any atom is -0.315 e. The van der Waals surface area contributed by atoms with E-state index in [0.29, 0.717) is 6.42 Å². The smallest absolute Gasteiger partial charge is 0.231 e. The van der Waals surface area contributed by atoms with Crippen LogP contribution in [0.3, 0.4) is 0 Å². The monoisotopic (exact) mass is 237 g/mol. The lowest BCUT2D eigenvalue weighted by atomic mass is 9.94. The zero-order valence-electron chi connectivity index (χ0n) is 10.6. The van der Waals surface area contributed by atoms with Crippen LogP contribution in [0.1, 0.15) is 11.1 Å². The van der Waals surface area contributed by atoms with Gasteiger partial charge in [-0.15, -0.1) is 0 Å². The Hall–Kier alpha value is -2.09. The summed E-state index contributed by atoms with van der Waals surface area (Å²) < 4.78 is 0. The van der Waals surface area contributed by atoms with Crippen molar-refractivity contribution >= 4 is 11.6 Å². The summed E-state index contributed by atoms with van der Waals surface area (Å²) in [6.45, 7) is 2.10. The quantitative estimate of drug-likeness (QED) is 0.689. The normalized spacial score (nSPS) is 13.9. The van der Waals surface area contributed by atoms with Crippen molar-refractivity contribution in [2.24, 2.45) is 0 Å². The molecule has 1 amide bonds. The maximum absolute atomic E-state index is 12.2. The first-order valence-corrected chi connectivity index (χ1v) is 6.13. The van der Waals surface area contributed by atoms with Crippen molar-refractivity contribution in [3.8, 4) is 11.1 Å². The van der Waals surface area contributed by atoms with Gasteiger partial charge in [0.1, 0.15) is 0 Å². The lowest BCUT2D eigenvalue weighted by molar-refractivity contribution is -0.117. The third kappa shape index (κ3) is 1.53.